The van der Waals surface area contributed by atoms with Gasteiger partial charge in [0, 0.05) is 31.3 Å². The van der Waals surface area contributed by atoms with Crippen molar-refractivity contribution in [1.82, 2.24) is 0 Å². The fourth-order valence-electron chi connectivity index (χ4n) is 3.25. The minimum atomic E-state index is -0.832. The Morgan fingerprint density at radius 1 is 1.17 bits per heavy atom. The second-order valence-electron chi connectivity index (χ2n) is 6.94. The maximum atomic E-state index is 14.0. The molecule has 1 unspecified atom stereocenters. The van der Waals surface area contributed by atoms with Crippen LogP contribution >= 0.6 is 0 Å². The summed E-state index contributed by atoms with van der Waals surface area (Å²) in [6, 6.07) is 10.2. The van der Waals surface area contributed by atoms with E-state index in [4.69, 9.17) is 9.47 Å². The van der Waals surface area contributed by atoms with Gasteiger partial charge in [-0.25, -0.2) is 8.78 Å². The second-order valence-corrected chi connectivity index (χ2v) is 6.94. The molecule has 1 heterocycles. The molecule has 0 aromatic heterocycles. The molecule has 0 spiro atoms. The van der Waals surface area contributed by atoms with Crippen LogP contribution in [0.25, 0.3) is 0 Å². The van der Waals surface area contributed by atoms with Crippen LogP contribution < -0.4 is 10.2 Å². The minimum Gasteiger partial charge on any atom is -0.379 e. The van der Waals surface area contributed by atoms with Crippen molar-refractivity contribution in [3.63, 3.8) is 0 Å². The number of hydrogen-bond donors (Lipinski definition) is 1. The number of amides is 2. The zero-order valence-corrected chi connectivity index (χ0v) is 16.7. The van der Waals surface area contributed by atoms with Crippen LogP contribution in [0.4, 0.5) is 20.2 Å². The highest BCUT2D eigenvalue weighted by atomic mass is 19.1. The Morgan fingerprint density at radius 3 is 2.73 bits per heavy atom. The SMILES string of the molecule is CCOCCOCc1cccc(NC(=O)C2CC(=O)N(c3ccc(F)cc3F)C2)c1. The van der Waals surface area contributed by atoms with Crippen LogP contribution in [0.15, 0.2) is 42.5 Å². The Balaban J connectivity index is 1.57. The van der Waals surface area contributed by atoms with Gasteiger partial charge < -0.3 is 19.7 Å². The van der Waals surface area contributed by atoms with Crippen molar-refractivity contribution < 1.29 is 27.8 Å². The average Bonchev–Trinajstić information content (AvgIpc) is 3.10. The monoisotopic (exact) mass is 418 g/mol. The molecule has 8 heteroatoms. The number of benzene rings is 2. The third kappa shape index (κ3) is 5.61. The van der Waals surface area contributed by atoms with E-state index in [9.17, 15) is 18.4 Å². The summed E-state index contributed by atoms with van der Waals surface area (Å²) in [6.07, 6.45) is -0.0388. The molecular weight excluding hydrogens is 394 g/mol. The predicted molar refractivity (Wildman–Crippen MR) is 108 cm³/mol. The Bertz CT molecular complexity index is 906. The van der Waals surface area contributed by atoms with Crippen LogP contribution in [0.1, 0.15) is 18.9 Å². The van der Waals surface area contributed by atoms with Gasteiger partial charge in [0.05, 0.1) is 31.4 Å². The van der Waals surface area contributed by atoms with Gasteiger partial charge in [0.25, 0.3) is 0 Å². The number of anilines is 2. The number of carbonyl (C=O) groups is 2. The lowest BCUT2D eigenvalue weighted by atomic mass is 10.1. The highest BCUT2D eigenvalue weighted by molar-refractivity contribution is 6.03. The first kappa shape index (κ1) is 21.9. The molecule has 0 radical (unpaired) electrons. The van der Waals surface area contributed by atoms with Crippen molar-refractivity contribution in [3.8, 4) is 0 Å². The number of nitrogens with zero attached hydrogens (tertiary/aromatic N) is 1. The summed E-state index contributed by atoms with van der Waals surface area (Å²) in [5, 5.41) is 2.80. The fraction of sp³-hybridized carbons (Fsp3) is 0.364. The van der Waals surface area contributed by atoms with Crippen molar-refractivity contribution in [2.75, 3.05) is 36.6 Å². The lowest BCUT2D eigenvalue weighted by molar-refractivity contribution is -0.122. The molecule has 0 aliphatic carbocycles. The Morgan fingerprint density at radius 2 is 1.97 bits per heavy atom. The number of carbonyl (C=O) groups excluding carboxylic acids is 2. The van der Waals surface area contributed by atoms with E-state index < -0.39 is 17.6 Å². The van der Waals surface area contributed by atoms with Gasteiger partial charge in [-0.3, -0.25) is 9.59 Å². The van der Waals surface area contributed by atoms with Gasteiger partial charge >= 0.3 is 0 Å². The normalized spacial score (nSPS) is 16.2. The largest absolute Gasteiger partial charge is 0.379 e. The molecule has 2 amide bonds. The molecule has 2 aromatic rings. The highest BCUT2D eigenvalue weighted by Gasteiger charge is 2.36. The van der Waals surface area contributed by atoms with Crippen molar-refractivity contribution in [3.05, 3.63) is 59.7 Å². The Kier molecular flexibility index (Phi) is 7.48. The summed E-state index contributed by atoms with van der Waals surface area (Å²) in [5.74, 6) is -2.90. The smallest absolute Gasteiger partial charge is 0.229 e. The van der Waals surface area contributed by atoms with Crippen LogP contribution in [0.5, 0.6) is 0 Å². The van der Waals surface area contributed by atoms with Crippen molar-refractivity contribution in [2.45, 2.75) is 20.0 Å². The maximum absolute atomic E-state index is 14.0. The molecule has 0 saturated carbocycles. The molecule has 1 atom stereocenters. The van der Waals surface area contributed by atoms with Gasteiger partial charge in [-0.05, 0) is 36.8 Å². The Hall–Kier alpha value is -2.84. The van der Waals surface area contributed by atoms with E-state index in [1.54, 1.807) is 18.2 Å². The third-order valence-corrected chi connectivity index (χ3v) is 4.74. The first-order valence-corrected chi connectivity index (χ1v) is 9.78. The quantitative estimate of drug-likeness (QED) is 0.633. The van der Waals surface area contributed by atoms with Crippen LogP contribution in [-0.2, 0) is 25.7 Å². The summed E-state index contributed by atoms with van der Waals surface area (Å²) in [6.45, 7) is 3.97. The van der Waals surface area contributed by atoms with E-state index >= 15 is 0 Å². The fourth-order valence-corrected chi connectivity index (χ4v) is 3.25. The van der Waals surface area contributed by atoms with Crippen molar-refractivity contribution >= 4 is 23.2 Å². The van der Waals surface area contributed by atoms with Gasteiger partial charge in [0.15, 0.2) is 0 Å². The standard InChI is InChI=1S/C22H24F2N2O4/c1-2-29-8-9-30-14-15-4-3-5-18(10-15)25-22(28)16-11-21(27)26(13-16)20-7-6-17(23)12-19(20)24/h3-7,10,12,16H,2,8-9,11,13-14H2,1H3,(H,25,28). The maximum Gasteiger partial charge on any atom is 0.229 e. The average molecular weight is 418 g/mol. The number of ether oxygens (including phenoxy) is 2. The van der Waals surface area contributed by atoms with Crippen molar-refractivity contribution in [2.24, 2.45) is 5.92 Å². The first-order valence-electron chi connectivity index (χ1n) is 9.78. The second kappa shape index (κ2) is 10.3. The number of hydrogen-bond acceptors (Lipinski definition) is 4. The predicted octanol–water partition coefficient (Wildman–Crippen LogP) is 3.51. The van der Waals surface area contributed by atoms with E-state index in [0.717, 1.165) is 17.7 Å². The molecule has 30 heavy (non-hydrogen) atoms. The summed E-state index contributed by atoms with van der Waals surface area (Å²) in [7, 11) is 0. The van der Waals surface area contributed by atoms with E-state index in [-0.39, 0.29) is 30.5 Å². The molecule has 3 rings (SSSR count). The first-order chi connectivity index (χ1) is 14.5. The van der Waals surface area contributed by atoms with Gasteiger partial charge in [0.1, 0.15) is 11.6 Å². The summed E-state index contributed by atoms with van der Waals surface area (Å²) >= 11 is 0. The molecule has 1 fully saturated rings. The molecule has 0 bridgehead atoms. The zero-order chi connectivity index (χ0) is 21.5. The van der Waals surface area contributed by atoms with E-state index in [1.165, 1.54) is 11.0 Å². The molecule has 6 nitrogen and oxygen atoms in total. The molecule has 1 saturated heterocycles. The molecular formula is C22H24F2N2O4. The molecule has 2 aromatic carbocycles. The van der Waals surface area contributed by atoms with E-state index in [0.29, 0.717) is 32.1 Å². The molecule has 1 aliphatic rings. The lowest BCUT2D eigenvalue weighted by Gasteiger charge is -2.17. The highest BCUT2D eigenvalue weighted by Crippen LogP contribution is 2.28. The summed E-state index contributed by atoms with van der Waals surface area (Å²) in [4.78, 5) is 26.1. The third-order valence-electron chi connectivity index (χ3n) is 4.74. The van der Waals surface area contributed by atoms with Crippen LogP contribution in [0.3, 0.4) is 0 Å². The van der Waals surface area contributed by atoms with Crippen molar-refractivity contribution in [1.29, 1.82) is 0 Å². The van der Waals surface area contributed by atoms with Gasteiger partial charge in [-0.15, -0.1) is 0 Å². The number of halogens is 2. The topological polar surface area (TPSA) is 67.9 Å². The van der Waals surface area contributed by atoms with Gasteiger partial charge in [-0.2, -0.15) is 0 Å². The van der Waals surface area contributed by atoms with Gasteiger partial charge in [-0.1, -0.05) is 12.1 Å². The van der Waals surface area contributed by atoms with E-state index in [2.05, 4.69) is 5.32 Å². The zero-order valence-electron chi connectivity index (χ0n) is 16.7. The van der Waals surface area contributed by atoms with Crippen LogP contribution in [0, 0.1) is 17.6 Å². The van der Waals surface area contributed by atoms with Crippen LogP contribution in [0.2, 0.25) is 0 Å². The van der Waals surface area contributed by atoms with Crippen LogP contribution in [-0.4, -0.2) is 38.2 Å². The Labute approximate surface area is 173 Å². The van der Waals surface area contributed by atoms with E-state index in [1.807, 2.05) is 13.0 Å². The lowest BCUT2D eigenvalue weighted by Crippen LogP contribution is -2.28. The van der Waals surface area contributed by atoms with Gasteiger partial charge in [0.2, 0.25) is 11.8 Å². The molecule has 1 aliphatic heterocycles. The summed E-state index contributed by atoms with van der Waals surface area (Å²) in [5.41, 5.74) is 1.45. The number of rotatable bonds is 9. The molecule has 160 valence electrons. The minimum absolute atomic E-state index is 0.0251. The number of nitrogens with one attached hydrogen (secondary N) is 1. The summed E-state index contributed by atoms with van der Waals surface area (Å²) < 4.78 is 37.9. The molecule has 1 N–H and O–H groups in total.